The minimum absolute atomic E-state index is 0.0831. The Labute approximate surface area is 112 Å². The zero-order valence-corrected chi connectivity index (χ0v) is 11.3. The first-order valence-corrected chi connectivity index (χ1v) is 7.15. The number of nitrogens with one attached hydrogen (secondary N) is 2. The Morgan fingerprint density at radius 1 is 1.56 bits per heavy atom. The van der Waals surface area contributed by atoms with Crippen LogP contribution in [-0.2, 0) is 11.2 Å². The van der Waals surface area contributed by atoms with E-state index in [4.69, 9.17) is 5.73 Å². The summed E-state index contributed by atoms with van der Waals surface area (Å²) in [6.07, 6.45) is 0.945. The monoisotopic (exact) mass is 265 g/mol. The van der Waals surface area contributed by atoms with Crippen LogP contribution >= 0.6 is 11.8 Å². The number of benzene rings is 1. The largest absolute Gasteiger partial charge is 0.327 e. The summed E-state index contributed by atoms with van der Waals surface area (Å²) in [4.78, 5) is 12.5. The molecule has 0 saturated carbocycles. The van der Waals surface area contributed by atoms with E-state index in [0.717, 1.165) is 30.1 Å². The molecule has 0 radical (unpaired) electrons. The van der Waals surface area contributed by atoms with E-state index in [-0.39, 0.29) is 11.9 Å². The van der Waals surface area contributed by atoms with Crippen LogP contribution in [0, 0.1) is 0 Å². The second-order valence-electron chi connectivity index (χ2n) is 4.60. The molecule has 1 aliphatic heterocycles. The van der Waals surface area contributed by atoms with Gasteiger partial charge in [-0.2, -0.15) is 0 Å². The summed E-state index contributed by atoms with van der Waals surface area (Å²) in [5.41, 5.74) is 7.84. The van der Waals surface area contributed by atoms with E-state index in [1.165, 1.54) is 5.56 Å². The summed E-state index contributed by atoms with van der Waals surface area (Å²) < 4.78 is 0. The molecule has 5 heteroatoms. The zero-order chi connectivity index (χ0) is 13.0. The van der Waals surface area contributed by atoms with Gasteiger partial charge in [0.15, 0.2) is 0 Å². The molecule has 2 rings (SSSR count). The Hall–Kier alpha value is -1.04. The summed E-state index contributed by atoms with van der Waals surface area (Å²) in [5, 5.41) is 6.21. The van der Waals surface area contributed by atoms with Gasteiger partial charge in [0.05, 0.1) is 11.4 Å². The Bertz CT molecular complexity index is 434. The molecule has 0 fully saturated rings. The lowest BCUT2D eigenvalue weighted by molar-refractivity contribution is -0.113. The second kappa shape index (κ2) is 6.22. The van der Waals surface area contributed by atoms with E-state index in [2.05, 4.69) is 28.8 Å². The van der Waals surface area contributed by atoms with Gasteiger partial charge in [-0.25, -0.2) is 0 Å². The number of nitrogens with two attached hydrogens (primary N) is 1. The Kier molecular flexibility index (Phi) is 4.63. The van der Waals surface area contributed by atoms with Crippen molar-refractivity contribution in [1.29, 1.82) is 0 Å². The van der Waals surface area contributed by atoms with Gasteiger partial charge in [0.1, 0.15) is 0 Å². The van der Waals surface area contributed by atoms with Gasteiger partial charge in [-0.05, 0) is 37.6 Å². The van der Waals surface area contributed by atoms with Gasteiger partial charge in [0, 0.05) is 17.5 Å². The van der Waals surface area contributed by atoms with Crippen LogP contribution in [0.15, 0.2) is 23.1 Å². The molecule has 98 valence electrons. The summed E-state index contributed by atoms with van der Waals surface area (Å²) in [5.74, 6) is 0.599. The molecule has 0 bridgehead atoms. The summed E-state index contributed by atoms with van der Waals surface area (Å²) >= 11 is 1.59. The van der Waals surface area contributed by atoms with Crippen LogP contribution in [0.25, 0.3) is 0 Å². The maximum atomic E-state index is 11.3. The van der Waals surface area contributed by atoms with Crippen molar-refractivity contribution in [3.05, 3.63) is 23.8 Å². The number of fused-ring (bicyclic) bond motifs is 1. The highest BCUT2D eigenvalue weighted by molar-refractivity contribution is 8.00. The minimum Gasteiger partial charge on any atom is -0.327 e. The molecule has 18 heavy (non-hydrogen) atoms. The first-order chi connectivity index (χ1) is 8.65. The Morgan fingerprint density at radius 2 is 2.39 bits per heavy atom. The van der Waals surface area contributed by atoms with Gasteiger partial charge in [0.25, 0.3) is 0 Å². The average molecular weight is 265 g/mol. The van der Waals surface area contributed by atoms with Crippen molar-refractivity contribution in [1.82, 2.24) is 5.32 Å². The number of anilines is 1. The Morgan fingerprint density at radius 3 is 3.17 bits per heavy atom. The molecular weight excluding hydrogens is 246 g/mol. The second-order valence-corrected chi connectivity index (χ2v) is 5.62. The van der Waals surface area contributed by atoms with Crippen LogP contribution in [0.2, 0.25) is 0 Å². The third kappa shape index (κ3) is 3.73. The fourth-order valence-corrected chi connectivity index (χ4v) is 2.64. The molecule has 0 aromatic heterocycles. The first-order valence-electron chi connectivity index (χ1n) is 6.17. The van der Waals surface area contributed by atoms with Crippen molar-refractivity contribution >= 4 is 23.4 Å². The third-order valence-electron chi connectivity index (χ3n) is 2.73. The molecule has 1 aromatic carbocycles. The van der Waals surface area contributed by atoms with Crippen molar-refractivity contribution < 1.29 is 4.79 Å². The maximum absolute atomic E-state index is 11.3. The predicted octanol–water partition coefficient (Wildman–Crippen LogP) is 1.21. The van der Waals surface area contributed by atoms with Crippen LogP contribution < -0.4 is 16.4 Å². The fraction of sp³-hybridized carbons (Fsp3) is 0.462. The highest BCUT2D eigenvalue weighted by Gasteiger charge is 2.15. The zero-order valence-electron chi connectivity index (χ0n) is 10.5. The van der Waals surface area contributed by atoms with E-state index < -0.39 is 0 Å². The first kappa shape index (κ1) is 13.4. The molecule has 4 N–H and O–H groups in total. The van der Waals surface area contributed by atoms with Crippen molar-refractivity contribution in [2.24, 2.45) is 5.73 Å². The number of thioether (sulfide) groups is 1. The number of amides is 1. The molecule has 0 spiro atoms. The maximum Gasteiger partial charge on any atom is 0.234 e. The van der Waals surface area contributed by atoms with Crippen molar-refractivity contribution in [2.75, 3.05) is 24.2 Å². The molecule has 4 nitrogen and oxygen atoms in total. The summed E-state index contributed by atoms with van der Waals surface area (Å²) in [7, 11) is 0. The van der Waals surface area contributed by atoms with Crippen molar-refractivity contribution in [2.45, 2.75) is 24.3 Å². The van der Waals surface area contributed by atoms with E-state index in [1.807, 2.05) is 6.92 Å². The predicted molar refractivity (Wildman–Crippen MR) is 76.0 cm³/mol. The number of hydrogen-bond acceptors (Lipinski definition) is 4. The van der Waals surface area contributed by atoms with Gasteiger partial charge >= 0.3 is 0 Å². The topological polar surface area (TPSA) is 67.2 Å². The number of rotatable bonds is 5. The molecule has 1 aliphatic rings. The molecule has 1 amide bonds. The number of carbonyl (C=O) groups is 1. The van der Waals surface area contributed by atoms with Gasteiger partial charge in [0.2, 0.25) is 5.91 Å². The highest BCUT2D eigenvalue weighted by atomic mass is 32.2. The number of hydrogen-bond donors (Lipinski definition) is 3. The van der Waals surface area contributed by atoms with E-state index >= 15 is 0 Å². The van der Waals surface area contributed by atoms with Crippen LogP contribution in [0.5, 0.6) is 0 Å². The fourth-order valence-electron chi connectivity index (χ4n) is 1.85. The quantitative estimate of drug-likeness (QED) is 0.700. The lowest BCUT2D eigenvalue weighted by Crippen LogP contribution is -2.32. The van der Waals surface area contributed by atoms with Crippen LogP contribution in [-0.4, -0.2) is 30.8 Å². The molecule has 1 aromatic rings. The van der Waals surface area contributed by atoms with E-state index in [9.17, 15) is 4.79 Å². The average Bonchev–Trinajstić information content (AvgIpc) is 2.34. The summed E-state index contributed by atoms with van der Waals surface area (Å²) in [6, 6.07) is 6.45. The van der Waals surface area contributed by atoms with Gasteiger partial charge in [-0.3, -0.25) is 4.79 Å². The van der Waals surface area contributed by atoms with E-state index in [0.29, 0.717) is 5.75 Å². The van der Waals surface area contributed by atoms with Crippen LogP contribution in [0.4, 0.5) is 5.69 Å². The summed E-state index contributed by atoms with van der Waals surface area (Å²) in [6.45, 7) is 3.72. The van der Waals surface area contributed by atoms with E-state index in [1.54, 1.807) is 11.8 Å². The molecule has 0 aliphatic carbocycles. The van der Waals surface area contributed by atoms with Gasteiger partial charge in [-0.1, -0.05) is 6.07 Å². The number of carbonyl (C=O) groups excluding carboxylic acids is 1. The van der Waals surface area contributed by atoms with Gasteiger partial charge < -0.3 is 16.4 Å². The SMILES string of the molecule is CC(N)CNCCc1ccc2c(c1)NC(=O)CS2. The molecular formula is C13H19N3OS. The van der Waals surface area contributed by atoms with Crippen molar-refractivity contribution in [3.8, 4) is 0 Å². The molecule has 0 saturated heterocycles. The minimum atomic E-state index is 0.0831. The third-order valence-corrected chi connectivity index (χ3v) is 3.81. The Balaban J connectivity index is 1.90. The van der Waals surface area contributed by atoms with Gasteiger partial charge in [-0.15, -0.1) is 11.8 Å². The normalized spacial score (nSPS) is 16.0. The van der Waals surface area contributed by atoms with Crippen molar-refractivity contribution in [3.63, 3.8) is 0 Å². The van der Waals surface area contributed by atoms with Crippen LogP contribution in [0.1, 0.15) is 12.5 Å². The molecule has 1 unspecified atom stereocenters. The lowest BCUT2D eigenvalue weighted by Gasteiger charge is -2.17. The lowest BCUT2D eigenvalue weighted by atomic mass is 10.1. The highest BCUT2D eigenvalue weighted by Crippen LogP contribution is 2.31. The molecule has 1 heterocycles. The van der Waals surface area contributed by atoms with Crippen LogP contribution in [0.3, 0.4) is 0 Å². The standard InChI is InChI=1S/C13H19N3OS/c1-9(14)7-15-5-4-10-2-3-12-11(6-10)16-13(17)8-18-12/h2-3,6,9,15H,4-5,7-8,14H2,1H3,(H,16,17). The molecule has 1 atom stereocenters. The smallest absolute Gasteiger partial charge is 0.234 e.